The van der Waals surface area contributed by atoms with Gasteiger partial charge in [0.15, 0.2) is 0 Å². The molecule has 2 aliphatic rings. The Labute approximate surface area is 98.4 Å². The molecule has 1 saturated heterocycles. The molecule has 1 aliphatic heterocycles. The molecule has 0 aromatic rings. The summed E-state index contributed by atoms with van der Waals surface area (Å²) in [6.45, 7) is 4.57. The van der Waals surface area contributed by atoms with Crippen LogP contribution in [0.25, 0.3) is 0 Å². The van der Waals surface area contributed by atoms with Crippen LogP contribution < -0.4 is 5.32 Å². The normalized spacial score (nSPS) is 31.9. The van der Waals surface area contributed by atoms with Crippen LogP contribution in [0.2, 0.25) is 0 Å². The van der Waals surface area contributed by atoms with E-state index < -0.39 is 10.0 Å². The summed E-state index contributed by atoms with van der Waals surface area (Å²) in [5.74, 6) is 1.31. The van der Waals surface area contributed by atoms with Crippen LogP contribution in [0.15, 0.2) is 0 Å². The van der Waals surface area contributed by atoms with Gasteiger partial charge >= 0.3 is 0 Å². The number of hydrogen-bond acceptors (Lipinski definition) is 3. The Kier molecular flexibility index (Phi) is 3.56. The van der Waals surface area contributed by atoms with Gasteiger partial charge in [0, 0.05) is 13.6 Å². The number of rotatable bonds is 4. The molecule has 94 valence electrons. The highest BCUT2D eigenvalue weighted by Gasteiger charge is 2.38. The van der Waals surface area contributed by atoms with Gasteiger partial charge < -0.3 is 5.32 Å². The van der Waals surface area contributed by atoms with Crippen molar-refractivity contribution in [2.24, 2.45) is 11.8 Å². The largest absolute Gasteiger partial charge is 0.317 e. The van der Waals surface area contributed by atoms with Crippen LogP contribution in [0.4, 0.5) is 0 Å². The molecule has 1 aliphatic carbocycles. The van der Waals surface area contributed by atoms with E-state index in [9.17, 15) is 8.42 Å². The zero-order chi connectivity index (χ0) is 11.8. The second kappa shape index (κ2) is 4.63. The molecule has 4 nitrogen and oxygen atoms in total. The standard InChI is InChI=1S/C11H22N2O2S/c1-9-7-10(9)8-13(2)16(14,15)11-3-5-12-6-4-11/h9-12H,3-8H2,1-2H3. The molecule has 2 rings (SSSR count). The van der Waals surface area contributed by atoms with E-state index in [0.29, 0.717) is 18.4 Å². The van der Waals surface area contributed by atoms with Crippen molar-refractivity contribution in [3.63, 3.8) is 0 Å². The van der Waals surface area contributed by atoms with Gasteiger partial charge in [0.25, 0.3) is 0 Å². The van der Waals surface area contributed by atoms with Crippen molar-refractivity contribution >= 4 is 10.0 Å². The fourth-order valence-electron chi connectivity index (χ4n) is 2.44. The third kappa shape index (κ3) is 2.57. The summed E-state index contributed by atoms with van der Waals surface area (Å²) >= 11 is 0. The number of piperidine rings is 1. The predicted octanol–water partition coefficient (Wildman–Crippen LogP) is 0.656. The molecule has 1 saturated carbocycles. The first-order chi connectivity index (χ1) is 7.51. The summed E-state index contributed by atoms with van der Waals surface area (Å²) in [7, 11) is -1.31. The lowest BCUT2D eigenvalue weighted by molar-refractivity contribution is 0.416. The Morgan fingerprint density at radius 2 is 1.88 bits per heavy atom. The monoisotopic (exact) mass is 246 g/mol. The van der Waals surface area contributed by atoms with Gasteiger partial charge in [0.1, 0.15) is 0 Å². The zero-order valence-electron chi connectivity index (χ0n) is 10.1. The van der Waals surface area contributed by atoms with Crippen molar-refractivity contribution in [1.82, 2.24) is 9.62 Å². The Bertz CT molecular complexity index is 336. The molecule has 5 heteroatoms. The molecule has 0 spiro atoms. The van der Waals surface area contributed by atoms with Crippen LogP contribution in [0.5, 0.6) is 0 Å². The number of nitrogens with zero attached hydrogens (tertiary/aromatic N) is 1. The molecule has 0 aromatic carbocycles. The molecule has 1 heterocycles. The first kappa shape index (κ1) is 12.3. The minimum Gasteiger partial charge on any atom is -0.317 e. The van der Waals surface area contributed by atoms with E-state index in [1.165, 1.54) is 6.42 Å². The van der Waals surface area contributed by atoms with Crippen molar-refractivity contribution in [3.05, 3.63) is 0 Å². The maximum Gasteiger partial charge on any atom is 0.216 e. The number of nitrogens with one attached hydrogen (secondary N) is 1. The Hall–Kier alpha value is -0.130. The Morgan fingerprint density at radius 3 is 2.38 bits per heavy atom. The van der Waals surface area contributed by atoms with Gasteiger partial charge in [-0.1, -0.05) is 6.92 Å². The Balaban J connectivity index is 1.94. The SMILES string of the molecule is CC1CC1CN(C)S(=O)(=O)C1CCNCC1. The second-order valence-corrected chi connectivity index (χ2v) is 7.57. The van der Waals surface area contributed by atoms with Crippen LogP contribution >= 0.6 is 0 Å². The van der Waals surface area contributed by atoms with Crippen LogP contribution in [-0.2, 0) is 10.0 Å². The Morgan fingerprint density at radius 1 is 1.31 bits per heavy atom. The first-order valence-corrected chi connectivity index (χ1v) is 7.68. The topological polar surface area (TPSA) is 49.4 Å². The summed E-state index contributed by atoms with van der Waals surface area (Å²) < 4.78 is 26.1. The van der Waals surface area contributed by atoms with Crippen molar-refractivity contribution < 1.29 is 8.42 Å². The van der Waals surface area contributed by atoms with E-state index in [2.05, 4.69) is 12.2 Å². The van der Waals surface area contributed by atoms with E-state index in [1.807, 2.05) is 0 Å². The van der Waals surface area contributed by atoms with Gasteiger partial charge in [0.2, 0.25) is 10.0 Å². The minimum atomic E-state index is -3.05. The average molecular weight is 246 g/mol. The van der Waals surface area contributed by atoms with Crippen LogP contribution in [0.1, 0.15) is 26.2 Å². The van der Waals surface area contributed by atoms with E-state index in [0.717, 1.165) is 25.9 Å². The molecule has 0 aromatic heterocycles. The highest BCUT2D eigenvalue weighted by Crippen LogP contribution is 2.38. The van der Waals surface area contributed by atoms with Gasteiger partial charge in [-0.25, -0.2) is 12.7 Å². The van der Waals surface area contributed by atoms with Crippen molar-refractivity contribution in [2.45, 2.75) is 31.4 Å². The second-order valence-electron chi connectivity index (χ2n) is 5.25. The van der Waals surface area contributed by atoms with Crippen LogP contribution in [0, 0.1) is 11.8 Å². The fraction of sp³-hybridized carbons (Fsp3) is 1.00. The predicted molar refractivity (Wildman–Crippen MR) is 64.7 cm³/mol. The summed E-state index contributed by atoms with van der Waals surface area (Å²) in [5, 5.41) is 3.04. The lowest BCUT2D eigenvalue weighted by Gasteiger charge is -2.27. The molecule has 2 unspecified atom stereocenters. The summed E-state index contributed by atoms with van der Waals surface area (Å²) in [4.78, 5) is 0. The molecule has 0 radical (unpaired) electrons. The molecule has 1 N–H and O–H groups in total. The van der Waals surface area contributed by atoms with E-state index in [4.69, 9.17) is 0 Å². The van der Waals surface area contributed by atoms with Gasteiger partial charge in [-0.3, -0.25) is 0 Å². The molecule has 2 fully saturated rings. The third-order valence-electron chi connectivity index (χ3n) is 3.91. The van der Waals surface area contributed by atoms with Gasteiger partial charge in [0.05, 0.1) is 5.25 Å². The van der Waals surface area contributed by atoms with Gasteiger partial charge in [-0.15, -0.1) is 0 Å². The molecular weight excluding hydrogens is 224 g/mol. The van der Waals surface area contributed by atoms with Gasteiger partial charge in [-0.05, 0) is 44.2 Å². The average Bonchev–Trinajstić information content (AvgIpc) is 2.95. The molecule has 0 bridgehead atoms. The highest BCUT2D eigenvalue weighted by atomic mass is 32.2. The molecule has 0 amide bonds. The van der Waals surface area contributed by atoms with Crippen molar-refractivity contribution in [3.8, 4) is 0 Å². The number of sulfonamides is 1. The van der Waals surface area contributed by atoms with Crippen LogP contribution in [0.3, 0.4) is 0 Å². The van der Waals surface area contributed by atoms with E-state index in [-0.39, 0.29) is 5.25 Å². The lowest BCUT2D eigenvalue weighted by atomic mass is 10.2. The fourth-order valence-corrected chi connectivity index (χ4v) is 4.18. The number of hydrogen-bond donors (Lipinski definition) is 1. The minimum absolute atomic E-state index is 0.159. The third-order valence-corrected chi connectivity index (χ3v) is 6.24. The van der Waals surface area contributed by atoms with E-state index >= 15 is 0 Å². The summed E-state index contributed by atoms with van der Waals surface area (Å²) in [5.41, 5.74) is 0. The van der Waals surface area contributed by atoms with Crippen LogP contribution in [-0.4, -0.2) is 44.7 Å². The molecular formula is C11H22N2O2S. The highest BCUT2D eigenvalue weighted by molar-refractivity contribution is 7.89. The lowest BCUT2D eigenvalue weighted by Crippen LogP contribution is -2.43. The molecule has 16 heavy (non-hydrogen) atoms. The van der Waals surface area contributed by atoms with Crippen molar-refractivity contribution in [2.75, 3.05) is 26.7 Å². The maximum absolute atomic E-state index is 12.3. The maximum atomic E-state index is 12.3. The van der Waals surface area contributed by atoms with E-state index in [1.54, 1.807) is 11.4 Å². The smallest absolute Gasteiger partial charge is 0.216 e. The quantitative estimate of drug-likeness (QED) is 0.792. The van der Waals surface area contributed by atoms with Crippen molar-refractivity contribution in [1.29, 1.82) is 0 Å². The first-order valence-electron chi connectivity index (χ1n) is 6.17. The summed E-state index contributed by atoms with van der Waals surface area (Å²) in [6, 6.07) is 0. The molecule has 2 atom stereocenters. The van der Waals surface area contributed by atoms with Gasteiger partial charge in [-0.2, -0.15) is 0 Å². The zero-order valence-corrected chi connectivity index (χ0v) is 11.0. The summed E-state index contributed by atoms with van der Waals surface area (Å²) in [6.07, 6.45) is 2.70.